The highest BCUT2D eigenvalue weighted by molar-refractivity contribution is 6.10. The molecule has 6 heteroatoms. The van der Waals surface area contributed by atoms with Gasteiger partial charge in [-0.1, -0.05) is 6.42 Å². The maximum Gasteiger partial charge on any atom is 0.138 e. The number of aromatic nitrogens is 1. The lowest BCUT2D eigenvalue weighted by molar-refractivity contribution is 0.546. The summed E-state index contributed by atoms with van der Waals surface area (Å²) in [6, 6.07) is 4.20. The van der Waals surface area contributed by atoms with Crippen molar-refractivity contribution in [3.05, 3.63) is 34.7 Å². The molecule has 0 saturated carbocycles. The van der Waals surface area contributed by atoms with E-state index >= 15 is 0 Å². The van der Waals surface area contributed by atoms with E-state index in [1.165, 1.54) is 55.3 Å². The first-order valence-electron chi connectivity index (χ1n) is 12.1. The van der Waals surface area contributed by atoms with Gasteiger partial charge in [0.05, 0.1) is 17.8 Å². The normalized spacial score (nSPS) is 21.6. The fraction of sp³-hybridized carbons (Fsp3) is 0.600. The highest BCUT2D eigenvalue weighted by Gasteiger charge is 2.29. The van der Waals surface area contributed by atoms with Crippen molar-refractivity contribution in [1.82, 2.24) is 4.98 Å². The summed E-state index contributed by atoms with van der Waals surface area (Å²) in [5, 5.41) is 13.1. The van der Waals surface area contributed by atoms with E-state index in [1.807, 2.05) is 6.92 Å². The average molecular weight is 420 g/mol. The average Bonchev–Trinajstić information content (AvgIpc) is 3.06. The molecule has 0 N–H and O–H groups in total. The molecule has 2 aliphatic heterocycles. The lowest BCUT2D eigenvalue weighted by atomic mass is 9.90. The molecule has 0 radical (unpaired) electrons. The van der Waals surface area contributed by atoms with Crippen LogP contribution in [0, 0.1) is 6.92 Å². The predicted octanol–water partition coefficient (Wildman–Crippen LogP) is 6.25. The van der Waals surface area contributed by atoms with Gasteiger partial charge in [0.1, 0.15) is 17.3 Å². The van der Waals surface area contributed by atoms with Crippen molar-refractivity contribution in [2.75, 3.05) is 24.5 Å². The Bertz CT molecular complexity index is 984. The van der Waals surface area contributed by atoms with Crippen LogP contribution in [0.4, 0.5) is 5.82 Å². The van der Waals surface area contributed by atoms with Crippen LogP contribution in [-0.4, -0.2) is 30.3 Å². The molecule has 0 aromatic carbocycles. The number of anilines is 1. The molecule has 6 nitrogen and oxygen atoms in total. The number of fused-ring (bicyclic) bond motifs is 1. The third kappa shape index (κ3) is 4.30. The maximum atomic E-state index is 6.25. The topological polar surface area (TPSA) is 66.3 Å². The lowest BCUT2D eigenvalue weighted by Gasteiger charge is -2.32. The van der Waals surface area contributed by atoms with Gasteiger partial charge in [0.2, 0.25) is 0 Å². The van der Waals surface area contributed by atoms with Crippen LogP contribution in [0.2, 0.25) is 0 Å². The lowest BCUT2D eigenvalue weighted by Crippen LogP contribution is -2.32. The molecular formula is C25H33N5O. The minimum Gasteiger partial charge on any atom is -0.461 e. The quantitative estimate of drug-likeness (QED) is 0.552. The van der Waals surface area contributed by atoms with Gasteiger partial charge >= 0.3 is 0 Å². The molecule has 0 amide bonds. The van der Waals surface area contributed by atoms with Crippen molar-refractivity contribution in [3.8, 4) is 11.3 Å². The molecule has 0 bridgehead atoms. The largest absolute Gasteiger partial charge is 0.461 e. The summed E-state index contributed by atoms with van der Waals surface area (Å²) in [6.45, 7) is 4.91. The SMILES string of the molecule is Cc1ccc(-c2c3c(nc(N4CCCCC4)c2/C2=N\N=NCCCC2)CCCCC3)o1. The van der Waals surface area contributed by atoms with Crippen molar-refractivity contribution in [2.45, 2.75) is 77.6 Å². The van der Waals surface area contributed by atoms with E-state index in [0.717, 1.165) is 80.4 Å². The molecule has 0 atom stereocenters. The van der Waals surface area contributed by atoms with E-state index < -0.39 is 0 Å². The standard InChI is InChI=1S/C25H33N5O/c1-18-13-14-22(31-18)23-19-10-4-2-5-11-20(19)27-25(30-16-8-3-9-17-30)24(23)21-12-6-7-15-26-29-28-21/h13-14H,2-12,15-17H2,1H3/b28-21-,29-26?. The smallest absolute Gasteiger partial charge is 0.138 e. The molecule has 31 heavy (non-hydrogen) atoms. The molecule has 4 heterocycles. The number of aryl methyl sites for hydroxylation is 2. The van der Waals surface area contributed by atoms with Gasteiger partial charge in [0, 0.05) is 24.3 Å². The van der Waals surface area contributed by atoms with Crippen LogP contribution in [0.1, 0.15) is 80.4 Å². The summed E-state index contributed by atoms with van der Waals surface area (Å²) in [6.07, 6.45) is 12.6. The fourth-order valence-corrected chi connectivity index (χ4v) is 5.18. The Hall–Kier alpha value is -2.50. The Morgan fingerprint density at radius 1 is 0.839 bits per heavy atom. The summed E-state index contributed by atoms with van der Waals surface area (Å²) in [5.41, 5.74) is 6.02. The maximum absolute atomic E-state index is 6.25. The van der Waals surface area contributed by atoms with Crippen molar-refractivity contribution >= 4 is 11.5 Å². The molecule has 3 aliphatic rings. The van der Waals surface area contributed by atoms with Crippen LogP contribution in [0.15, 0.2) is 32.0 Å². The Kier molecular flexibility index (Phi) is 6.14. The molecule has 2 aromatic rings. The van der Waals surface area contributed by atoms with Gasteiger partial charge in [-0.3, -0.25) is 0 Å². The van der Waals surface area contributed by atoms with Crippen LogP contribution in [0.5, 0.6) is 0 Å². The Morgan fingerprint density at radius 3 is 2.48 bits per heavy atom. The monoisotopic (exact) mass is 419 g/mol. The fourth-order valence-electron chi connectivity index (χ4n) is 5.18. The second-order valence-corrected chi connectivity index (χ2v) is 9.09. The summed E-state index contributed by atoms with van der Waals surface area (Å²) < 4.78 is 6.25. The molecule has 2 aromatic heterocycles. The highest BCUT2D eigenvalue weighted by atomic mass is 16.3. The summed E-state index contributed by atoms with van der Waals surface area (Å²) >= 11 is 0. The van der Waals surface area contributed by atoms with E-state index in [-0.39, 0.29) is 0 Å². The van der Waals surface area contributed by atoms with Gasteiger partial charge in [-0.25, -0.2) is 4.98 Å². The zero-order valence-electron chi connectivity index (χ0n) is 18.7. The number of pyridine rings is 1. The van der Waals surface area contributed by atoms with Crippen molar-refractivity contribution < 1.29 is 4.42 Å². The van der Waals surface area contributed by atoms with Crippen LogP contribution in [-0.2, 0) is 12.8 Å². The first-order chi connectivity index (χ1) is 15.3. The van der Waals surface area contributed by atoms with Crippen LogP contribution in [0.3, 0.4) is 0 Å². The Balaban J connectivity index is 1.78. The second-order valence-electron chi connectivity index (χ2n) is 9.09. The molecule has 5 rings (SSSR count). The number of hydrogen-bond donors (Lipinski definition) is 0. The van der Waals surface area contributed by atoms with Gasteiger partial charge in [0.15, 0.2) is 0 Å². The van der Waals surface area contributed by atoms with E-state index in [1.54, 1.807) is 0 Å². The highest BCUT2D eigenvalue weighted by Crippen LogP contribution is 2.40. The Labute approximate surface area is 184 Å². The zero-order valence-corrected chi connectivity index (χ0v) is 18.7. The summed E-state index contributed by atoms with van der Waals surface area (Å²) in [7, 11) is 0. The molecule has 0 unspecified atom stereocenters. The number of nitrogens with zero attached hydrogens (tertiary/aromatic N) is 5. The third-order valence-corrected chi connectivity index (χ3v) is 6.79. The Morgan fingerprint density at radius 2 is 1.65 bits per heavy atom. The first kappa shape index (κ1) is 20.4. The molecule has 1 aliphatic carbocycles. The number of furan rings is 1. The van der Waals surface area contributed by atoms with E-state index in [0.29, 0.717) is 0 Å². The van der Waals surface area contributed by atoms with Crippen molar-refractivity contribution in [2.24, 2.45) is 15.4 Å². The number of hydrogen-bond acceptors (Lipinski definition) is 6. The molecule has 164 valence electrons. The predicted molar refractivity (Wildman–Crippen MR) is 124 cm³/mol. The number of rotatable bonds is 3. The van der Waals surface area contributed by atoms with E-state index in [9.17, 15) is 0 Å². The van der Waals surface area contributed by atoms with E-state index in [4.69, 9.17) is 9.40 Å². The zero-order chi connectivity index (χ0) is 21.0. The van der Waals surface area contributed by atoms with Gasteiger partial charge < -0.3 is 9.32 Å². The number of piperidine rings is 1. The molecule has 1 fully saturated rings. The van der Waals surface area contributed by atoms with Crippen LogP contribution >= 0.6 is 0 Å². The van der Waals surface area contributed by atoms with Crippen molar-refractivity contribution in [3.63, 3.8) is 0 Å². The van der Waals surface area contributed by atoms with Gasteiger partial charge in [-0.15, -0.1) is 5.10 Å². The van der Waals surface area contributed by atoms with Crippen LogP contribution < -0.4 is 4.90 Å². The van der Waals surface area contributed by atoms with E-state index in [2.05, 4.69) is 32.5 Å². The van der Waals surface area contributed by atoms with Gasteiger partial charge in [-0.2, -0.15) is 5.11 Å². The van der Waals surface area contributed by atoms with Crippen molar-refractivity contribution in [1.29, 1.82) is 0 Å². The first-order valence-corrected chi connectivity index (χ1v) is 12.1. The minimum absolute atomic E-state index is 0.766. The summed E-state index contributed by atoms with van der Waals surface area (Å²) in [4.78, 5) is 7.84. The van der Waals surface area contributed by atoms with Crippen LogP contribution in [0.25, 0.3) is 11.3 Å². The second kappa shape index (κ2) is 9.33. The minimum atomic E-state index is 0.766. The molecular weight excluding hydrogens is 386 g/mol. The third-order valence-electron chi connectivity index (χ3n) is 6.79. The summed E-state index contributed by atoms with van der Waals surface area (Å²) in [5.74, 6) is 2.99. The van der Waals surface area contributed by atoms with Gasteiger partial charge in [0.25, 0.3) is 0 Å². The van der Waals surface area contributed by atoms with Gasteiger partial charge in [-0.05, 0) is 94.1 Å². The molecule has 0 spiro atoms. The molecule has 1 saturated heterocycles.